The van der Waals surface area contributed by atoms with E-state index in [4.69, 9.17) is 23.2 Å². The van der Waals surface area contributed by atoms with Crippen LogP contribution in [0.2, 0.25) is 10.0 Å². The number of piperazine rings is 1. The van der Waals surface area contributed by atoms with Crippen LogP contribution in [-0.4, -0.2) is 42.3 Å². The first-order chi connectivity index (χ1) is 13.2. The quantitative estimate of drug-likeness (QED) is 0.556. The number of hydrogen-bond acceptors (Lipinski definition) is 3. The van der Waals surface area contributed by atoms with Gasteiger partial charge in [0.05, 0.1) is 16.3 Å². The zero-order valence-electron chi connectivity index (χ0n) is 15.0. The van der Waals surface area contributed by atoms with E-state index in [0.29, 0.717) is 10.0 Å². The van der Waals surface area contributed by atoms with Crippen LogP contribution in [0.4, 0.5) is 0 Å². The fraction of sp³-hybridized carbons (Fsp3) is 0.227. The number of fused-ring (bicyclic) bond motifs is 1. The Bertz CT molecular complexity index is 957. The number of hydrogen-bond donors (Lipinski definition) is 0. The predicted molar refractivity (Wildman–Crippen MR) is 115 cm³/mol. The maximum atomic E-state index is 6.22. The van der Waals surface area contributed by atoms with Gasteiger partial charge in [-0.1, -0.05) is 77.8 Å². The van der Waals surface area contributed by atoms with Gasteiger partial charge in [-0.05, 0) is 22.4 Å². The van der Waals surface area contributed by atoms with Crippen molar-refractivity contribution >= 4 is 40.2 Å². The fourth-order valence-electron chi connectivity index (χ4n) is 3.45. The second kappa shape index (κ2) is 8.30. The van der Waals surface area contributed by atoms with E-state index in [1.807, 2.05) is 12.1 Å². The largest absolute Gasteiger partial charge is 0.295 e. The van der Waals surface area contributed by atoms with Crippen LogP contribution in [-0.2, 0) is 6.54 Å². The van der Waals surface area contributed by atoms with E-state index in [1.54, 1.807) is 12.3 Å². The number of rotatable bonds is 4. The molecule has 0 N–H and O–H groups in total. The van der Waals surface area contributed by atoms with Crippen molar-refractivity contribution in [1.82, 2.24) is 9.91 Å². The second-order valence-electron chi connectivity index (χ2n) is 6.76. The molecule has 0 radical (unpaired) electrons. The first-order valence-electron chi connectivity index (χ1n) is 9.12. The number of nitrogens with zero attached hydrogens (tertiary/aromatic N) is 3. The lowest BCUT2D eigenvalue weighted by Crippen LogP contribution is -2.43. The number of benzene rings is 3. The first kappa shape index (κ1) is 18.3. The molecule has 0 amide bonds. The minimum atomic E-state index is 0.553. The van der Waals surface area contributed by atoms with Gasteiger partial charge in [0.1, 0.15) is 0 Å². The predicted octanol–water partition coefficient (Wildman–Crippen LogP) is 5.30. The maximum Gasteiger partial charge on any atom is 0.0680 e. The van der Waals surface area contributed by atoms with Crippen molar-refractivity contribution in [3.05, 3.63) is 81.8 Å². The summed E-state index contributed by atoms with van der Waals surface area (Å²) in [5.74, 6) is 0. The van der Waals surface area contributed by atoms with Crippen molar-refractivity contribution in [2.75, 3.05) is 26.2 Å². The van der Waals surface area contributed by atoms with E-state index >= 15 is 0 Å². The van der Waals surface area contributed by atoms with Gasteiger partial charge in [0.15, 0.2) is 0 Å². The zero-order valence-corrected chi connectivity index (χ0v) is 16.5. The van der Waals surface area contributed by atoms with Crippen molar-refractivity contribution in [3.63, 3.8) is 0 Å². The van der Waals surface area contributed by atoms with E-state index in [2.05, 4.69) is 57.5 Å². The highest BCUT2D eigenvalue weighted by atomic mass is 35.5. The maximum absolute atomic E-state index is 6.22. The van der Waals surface area contributed by atoms with Gasteiger partial charge in [0.2, 0.25) is 0 Å². The molecule has 0 unspecified atom stereocenters. The van der Waals surface area contributed by atoms with Crippen LogP contribution < -0.4 is 0 Å². The average molecular weight is 398 g/mol. The van der Waals surface area contributed by atoms with E-state index < -0.39 is 0 Å². The molecule has 0 saturated carbocycles. The molecule has 3 aromatic carbocycles. The lowest BCUT2D eigenvalue weighted by atomic mass is 10.0. The van der Waals surface area contributed by atoms with Crippen molar-refractivity contribution in [2.24, 2.45) is 5.10 Å². The Hall–Kier alpha value is -2.07. The van der Waals surface area contributed by atoms with Crippen molar-refractivity contribution in [3.8, 4) is 0 Å². The summed E-state index contributed by atoms with van der Waals surface area (Å²) >= 11 is 12.3. The third-order valence-electron chi connectivity index (χ3n) is 4.96. The molecule has 27 heavy (non-hydrogen) atoms. The molecule has 138 valence electrons. The van der Waals surface area contributed by atoms with Gasteiger partial charge in [-0.3, -0.25) is 9.91 Å². The molecule has 1 aliphatic rings. The van der Waals surface area contributed by atoms with Crippen molar-refractivity contribution in [2.45, 2.75) is 6.54 Å². The van der Waals surface area contributed by atoms with Crippen LogP contribution >= 0.6 is 23.2 Å². The third-order valence-corrected chi connectivity index (χ3v) is 5.80. The number of halogens is 2. The molecule has 0 bridgehead atoms. The molecule has 0 aromatic heterocycles. The van der Waals surface area contributed by atoms with Gasteiger partial charge in [-0.15, -0.1) is 0 Å². The van der Waals surface area contributed by atoms with Crippen LogP contribution in [0, 0.1) is 0 Å². The highest BCUT2D eigenvalue weighted by molar-refractivity contribution is 6.43. The molecule has 5 heteroatoms. The Labute approximate surface area is 169 Å². The van der Waals surface area contributed by atoms with Crippen LogP contribution in [0.5, 0.6) is 0 Å². The Morgan fingerprint density at radius 2 is 1.59 bits per heavy atom. The van der Waals surface area contributed by atoms with Crippen molar-refractivity contribution in [1.29, 1.82) is 0 Å². The molecule has 0 spiro atoms. The summed E-state index contributed by atoms with van der Waals surface area (Å²) < 4.78 is 0. The Balaban J connectivity index is 1.37. The normalized spacial score (nSPS) is 15.7. The summed E-state index contributed by atoms with van der Waals surface area (Å²) in [6.07, 6.45) is 1.80. The van der Waals surface area contributed by atoms with Crippen LogP contribution in [0.25, 0.3) is 10.8 Å². The number of hydrazone groups is 1. The molecular formula is C22H21Cl2N3. The summed E-state index contributed by atoms with van der Waals surface area (Å²) in [6, 6.07) is 20.7. The first-order valence-corrected chi connectivity index (χ1v) is 9.88. The van der Waals surface area contributed by atoms with Gasteiger partial charge in [-0.25, -0.2) is 0 Å². The van der Waals surface area contributed by atoms with Gasteiger partial charge in [0.25, 0.3) is 0 Å². The van der Waals surface area contributed by atoms with Crippen LogP contribution in [0.3, 0.4) is 0 Å². The minimum absolute atomic E-state index is 0.553. The highest BCUT2D eigenvalue weighted by Gasteiger charge is 2.16. The molecule has 3 nitrogen and oxygen atoms in total. The molecule has 3 aromatic rings. The van der Waals surface area contributed by atoms with Crippen LogP contribution in [0.15, 0.2) is 65.8 Å². The summed E-state index contributed by atoms with van der Waals surface area (Å²) in [5, 5.41) is 10.4. The monoisotopic (exact) mass is 397 g/mol. The van der Waals surface area contributed by atoms with Gasteiger partial charge >= 0.3 is 0 Å². The lowest BCUT2D eigenvalue weighted by Gasteiger charge is -2.33. The standard InChI is InChI=1S/C22H21Cl2N3/c23-21-10-4-7-18(22(21)24)15-25-27-13-11-26(12-14-27)16-19-8-3-6-17-5-1-2-9-20(17)19/h1-10,15H,11-14,16H2/b25-15-. The highest BCUT2D eigenvalue weighted by Crippen LogP contribution is 2.24. The molecule has 0 atom stereocenters. The summed E-state index contributed by atoms with van der Waals surface area (Å²) in [6.45, 7) is 4.76. The van der Waals surface area contributed by atoms with Crippen molar-refractivity contribution < 1.29 is 0 Å². The molecule has 1 saturated heterocycles. The summed E-state index contributed by atoms with van der Waals surface area (Å²) in [4.78, 5) is 2.49. The fourth-order valence-corrected chi connectivity index (χ4v) is 3.80. The molecule has 1 aliphatic heterocycles. The lowest BCUT2D eigenvalue weighted by molar-refractivity contribution is 0.131. The minimum Gasteiger partial charge on any atom is -0.295 e. The van der Waals surface area contributed by atoms with Gasteiger partial charge in [-0.2, -0.15) is 5.10 Å². The summed E-state index contributed by atoms with van der Waals surface area (Å²) in [5.41, 5.74) is 2.23. The topological polar surface area (TPSA) is 18.8 Å². The smallest absolute Gasteiger partial charge is 0.0680 e. The van der Waals surface area contributed by atoms with Gasteiger partial charge < -0.3 is 0 Å². The molecular weight excluding hydrogens is 377 g/mol. The van der Waals surface area contributed by atoms with E-state index in [1.165, 1.54) is 16.3 Å². The third kappa shape index (κ3) is 4.27. The average Bonchev–Trinajstić information content (AvgIpc) is 2.70. The van der Waals surface area contributed by atoms with Crippen LogP contribution in [0.1, 0.15) is 11.1 Å². The molecule has 0 aliphatic carbocycles. The van der Waals surface area contributed by atoms with E-state index in [-0.39, 0.29) is 0 Å². The summed E-state index contributed by atoms with van der Waals surface area (Å²) in [7, 11) is 0. The second-order valence-corrected chi connectivity index (χ2v) is 7.54. The SMILES string of the molecule is Clc1cccc(/C=N\N2CCN(Cc3cccc4ccccc34)CC2)c1Cl. The molecule has 1 fully saturated rings. The van der Waals surface area contributed by atoms with E-state index in [9.17, 15) is 0 Å². The zero-order chi connectivity index (χ0) is 18.6. The Morgan fingerprint density at radius 3 is 2.44 bits per heavy atom. The van der Waals surface area contributed by atoms with E-state index in [0.717, 1.165) is 38.3 Å². The molecule has 4 rings (SSSR count). The van der Waals surface area contributed by atoms with Gasteiger partial charge in [0, 0.05) is 38.3 Å². The molecule has 1 heterocycles. The Kier molecular flexibility index (Phi) is 5.63. The Morgan fingerprint density at radius 1 is 0.852 bits per heavy atom.